The molecule has 0 saturated carbocycles. The summed E-state index contributed by atoms with van der Waals surface area (Å²) in [5.74, 6) is 2.13. The number of amides is 1. The van der Waals surface area contributed by atoms with Crippen LogP contribution in [0.15, 0.2) is 24.4 Å². The molecule has 11 nitrogen and oxygen atoms in total. The van der Waals surface area contributed by atoms with E-state index in [9.17, 15) is 15.0 Å². The van der Waals surface area contributed by atoms with Crippen molar-refractivity contribution in [3.8, 4) is 0 Å². The number of fused-ring (bicyclic) bond motifs is 4. The summed E-state index contributed by atoms with van der Waals surface area (Å²) in [5.41, 5.74) is 3.47. The van der Waals surface area contributed by atoms with E-state index >= 15 is 0 Å². The second kappa shape index (κ2) is 10.8. The normalized spacial score (nSPS) is 24.7. The molecule has 0 aliphatic carbocycles. The number of hydrogen-bond acceptors (Lipinski definition) is 10. The molecule has 41 heavy (non-hydrogen) atoms. The van der Waals surface area contributed by atoms with Crippen LogP contribution in [-0.4, -0.2) is 90.2 Å². The monoisotopic (exact) mass is 558 g/mol. The highest BCUT2D eigenvalue weighted by Gasteiger charge is 2.41. The van der Waals surface area contributed by atoms with Gasteiger partial charge in [0.2, 0.25) is 11.9 Å². The number of hydrogen-bond donors (Lipinski definition) is 3. The summed E-state index contributed by atoms with van der Waals surface area (Å²) in [6, 6.07) is 6.66. The molecule has 11 heteroatoms. The zero-order valence-electron chi connectivity index (χ0n) is 23.5. The summed E-state index contributed by atoms with van der Waals surface area (Å²) in [7, 11) is 0. The molecule has 3 aromatic rings. The van der Waals surface area contributed by atoms with Gasteiger partial charge in [-0.05, 0) is 69.7 Å². The van der Waals surface area contributed by atoms with Crippen molar-refractivity contribution in [2.75, 3.05) is 36.5 Å². The van der Waals surface area contributed by atoms with Crippen LogP contribution in [0.5, 0.6) is 0 Å². The zero-order valence-corrected chi connectivity index (χ0v) is 23.5. The van der Waals surface area contributed by atoms with Crippen molar-refractivity contribution in [1.29, 1.82) is 0 Å². The number of rotatable bonds is 7. The van der Waals surface area contributed by atoms with Crippen LogP contribution in [0, 0.1) is 0 Å². The Morgan fingerprint density at radius 3 is 2.66 bits per heavy atom. The molecule has 0 spiro atoms. The van der Waals surface area contributed by atoms with E-state index < -0.39 is 6.10 Å². The number of aliphatic hydroxyl groups is 2. The van der Waals surface area contributed by atoms with Crippen LogP contribution in [-0.2, 0) is 17.8 Å². The Hall–Kier alpha value is -3.41. The van der Waals surface area contributed by atoms with Crippen LogP contribution in [0.4, 0.5) is 17.6 Å². The van der Waals surface area contributed by atoms with Gasteiger partial charge in [0, 0.05) is 55.4 Å². The van der Waals surface area contributed by atoms with E-state index in [1.54, 1.807) is 13.1 Å². The topological polar surface area (TPSA) is 131 Å². The van der Waals surface area contributed by atoms with E-state index in [2.05, 4.69) is 20.1 Å². The number of carbonyl (C=O) groups is 1. The van der Waals surface area contributed by atoms with Gasteiger partial charge in [0.25, 0.3) is 0 Å². The molecule has 216 valence electrons. The maximum Gasteiger partial charge on any atom is 0.240 e. The first-order valence-corrected chi connectivity index (χ1v) is 15.0. The van der Waals surface area contributed by atoms with Crippen molar-refractivity contribution in [2.45, 2.75) is 82.6 Å². The summed E-state index contributed by atoms with van der Waals surface area (Å²) in [4.78, 5) is 39.0. The van der Waals surface area contributed by atoms with Crippen molar-refractivity contribution in [3.63, 3.8) is 0 Å². The predicted molar refractivity (Wildman–Crippen MR) is 155 cm³/mol. The number of anilines is 3. The van der Waals surface area contributed by atoms with Gasteiger partial charge in [-0.1, -0.05) is 6.07 Å². The molecular weight excluding hydrogens is 520 g/mol. The molecule has 1 amide bonds. The summed E-state index contributed by atoms with van der Waals surface area (Å²) >= 11 is 0. The maximum absolute atomic E-state index is 13.3. The average Bonchev–Trinajstić information content (AvgIpc) is 3.73. The third kappa shape index (κ3) is 4.89. The minimum Gasteiger partial charge on any atom is -0.395 e. The highest BCUT2D eigenvalue weighted by atomic mass is 16.3. The van der Waals surface area contributed by atoms with E-state index in [4.69, 9.17) is 15.0 Å². The number of β-amino-alcohol motifs (C(OH)–C–C–N with tert-alkyl or cyclic N) is 1. The lowest BCUT2D eigenvalue weighted by Gasteiger charge is -2.33. The number of likely N-dealkylation sites (tertiary alicyclic amines) is 1. The summed E-state index contributed by atoms with van der Waals surface area (Å²) in [5, 5.41) is 23.8. The number of nitrogens with one attached hydrogen (secondary N) is 1. The molecular formula is C30H38N8O3. The molecule has 7 rings (SSSR count). The van der Waals surface area contributed by atoms with Gasteiger partial charge < -0.3 is 25.3 Å². The molecule has 3 saturated heterocycles. The molecule has 2 bridgehead atoms. The maximum atomic E-state index is 13.3. The average molecular weight is 559 g/mol. The largest absolute Gasteiger partial charge is 0.395 e. The van der Waals surface area contributed by atoms with Gasteiger partial charge in [-0.15, -0.1) is 0 Å². The van der Waals surface area contributed by atoms with Crippen LogP contribution in [0.25, 0.3) is 10.9 Å². The first-order chi connectivity index (χ1) is 20.0. The van der Waals surface area contributed by atoms with E-state index in [-0.39, 0.29) is 18.6 Å². The fourth-order valence-corrected chi connectivity index (χ4v) is 7.26. The van der Waals surface area contributed by atoms with Gasteiger partial charge in [0.05, 0.1) is 24.4 Å². The van der Waals surface area contributed by atoms with Crippen LogP contribution < -0.4 is 10.2 Å². The Bertz CT molecular complexity index is 1450. The summed E-state index contributed by atoms with van der Waals surface area (Å²) in [6.07, 6.45) is 8.36. The Morgan fingerprint density at radius 2 is 1.90 bits per heavy atom. The minimum atomic E-state index is -0.667. The summed E-state index contributed by atoms with van der Waals surface area (Å²) < 4.78 is 0. The molecule has 3 fully saturated rings. The Morgan fingerprint density at radius 1 is 1.10 bits per heavy atom. The second-order valence-corrected chi connectivity index (χ2v) is 11.9. The van der Waals surface area contributed by atoms with Gasteiger partial charge in [0.1, 0.15) is 11.3 Å². The number of nitrogens with zero attached hydrogens (tertiary/aromatic N) is 7. The highest BCUT2D eigenvalue weighted by Crippen LogP contribution is 2.42. The Balaban J connectivity index is 1.11. The van der Waals surface area contributed by atoms with Gasteiger partial charge >= 0.3 is 0 Å². The van der Waals surface area contributed by atoms with Gasteiger partial charge in [-0.2, -0.15) is 0 Å². The molecule has 0 unspecified atom stereocenters. The smallest absolute Gasteiger partial charge is 0.240 e. The van der Waals surface area contributed by atoms with E-state index in [1.165, 1.54) is 25.7 Å². The quantitative estimate of drug-likeness (QED) is 0.398. The lowest BCUT2D eigenvalue weighted by molar-refractivity contribution is -0.137. The first-order valence-electron chi connectivity index (χ1n) is 15.0. The van der Waals surface area contributed by atoms with Gasteiger partial charge in [0.15, 0.2) is 5.82 Å². The van der Waals surface area contributed by atoms with E-state index in [1.807, 2.05) is 23.1 Å². The standard InChI is InChI=1S/C30H38N8O3/c1-18(40)24-15-20-16-31-30(35-27(20)28(33-24)38-21-5-6-22(38)8-7-21)34-26-9-4-19-17-37(12-10-23(19)32-26)29(41)25-3-2-11-36(25)13-14-39/h4,9,15-16,18,21-22,25,39-40H,2-3,5-8,10-14,17H2,1H3,(H,31,32,34,35)/t18-,21?,22?,25+/m1/s1. The second-order valence-electron chi connectivity index (χ2n) is 11.9. The third-order valence-electron chi connectivity index (χ3n) is 9.33. The molecule has 0 aromatic carbocycles. The van der Waals surface area contributed by atoms with Crippen molar-refractivity contribution >= 4 is 34.4 Å². The minimum absolute atomic E-state index is 0.0766. The Kier molecular flexibility index (Phi) is 6.96. The molecule has 2 atom stereocenters. The molecule has 3 N–H and O–H groups in total. The number of aliphatic hydroxyl groups excluding tert-OH is 2. The van der Waals surface area contributed by atoms with Gasteiger partial charge in [-0.3, -0.25) is 9.69 Å². The van der Waals surface area contributed by atoms with Crippen LogP contribution in [0.3, 0.4) is 0 Å². The molecule has 4 aliphatic rings. The van der Waals surface area contributed by atoms with Crippen LogP contribution >= 0.6 is 0 Å². The zero-order chi connectivity index (χ0) is 28.1. The van der Waals surface area contributed by atoms with Crippen molar-refractivity contribution in [3.05, 3.63) is 41.3 Å². The van der Waals surface area contributed by atoms with Gasteiger partial charge in [-0.25, -0.2) is 19.9 Å². The third-order valence-corrected chi connectivity index (χ3v) is 9.33. The lowest BCUT2D eigenvalue weighted by atomic mass is 10.0. The van der Waals surface area contributed by atoms with Crippen molar-refractivity contribution in [1.82, 2.24) is 29.7 Å². The van der Waals surface area contributed by atoms with Crippen LogP contribution in [0.1, 0.15) is 68.5 Å². The molecule has 0 radical (unpaired) electrons. The van der Waals surface area contributed by atoms with Crippen molar-refractivity contribution < 1.29 is 15.0 Å². The SMILES string of the molecule is C[C@@H](O)c1cc2cnc(Nc3ccc4c(n3)CCN(C(=O)[C@@H]3CCCN3CCO)C4)nc2c(N2C3CCC2CC3)n1. The fourth-order valence-electron chi connectivity index (χ4n) is 7.26. The molecule has 3 aromatic heterocycles. The number of pyridine rings is 2. The first kappa shape index (κ1) is 26.5. The number of aromatic nitrogens is 4. The number of carbonyl (C=O) groups excluding carboxylic acids is 1. The highest BCUT2D eigenvalue weighted by molar-refractivity contribution is 5.90. The van der Waals surface area contributed by atoms with Crippen LogP contribution in [0.2, 0.25) is 0 Å². The predicted octanol–water partition coefficient (Wildman–Crippen LogP) is 2.69. The lowest BCUT2D eigenvalue weighted by Crippen LogP contribution is -2.48. The summed E-state index contributed by atoms with van der Waals surface area (Å²) in [6.45, 7) is 4.42. The Labute approximate surface area is 239 Å². The fraction of sp³-hybridized carbons (Fsp3) is 0.567. The van der Waals surface area contributed by atoms with E-state index in [0.29, 0.717) is 55.6 Å². The molecule has 7 heterocycles. The van der Waals surface area contributed by atoms with Crippen molar-refractivity contribution in [2.24, 2.45) is 0 Å². The molecule has 4 aliphatic heterocycles. The van der Waals surface area contributed by atoms with E-state index in [0.717, 1.165) is 47.4 Å².